The minimum Gasteiger partial charge on any atom is -0.371 e. The van der Waals surface area contributed by atoms with Crippen LogP contribution in [0.5, 0.6) is 0 Å². The fourth-order valence-electron chi connectivity index (χ4n) is 3.25. The third-order valence-corrected chi connectivity index (χ3v) is 4.75. The van der Waals surface area contributed by atoms with Gasteiger partial charge in [-0.1, -0.05) is 44.2 Å². The zero-order chi connectivity index (χ0) is 17.6. The summed E-state index contributed by atoms with van der Waals surface area (Å²) in [6.07, 6.45) is 1.16. The quantitative estimate of drug-likeness (QED) is 0.384. The van der Waals surface area contributed by atoms with E-state index in [1.807, 2.05) is 6.07 Å². The minimum absolute atomic E-state index is 0. The molecule has 1 unspecified atom stereocenters. The molecule has 1 heterocycles. The number of rotatable bonds is 5. The molecule has 2 aromatic rings. The summed E-state index contributed by atoms with van der Waals surface area (Å²) in [6, 6.07) is 18.9. The van der Waals surface area contributed by atoms with Crippen LogP contribution in [0.25, 0.3) is 0 Å². The summed E-state index contributed by atoms with van der Waals surface area (Å²) in [5, 5.41) is 3.22. The standard InChI is InChI=1S/C21H28N4.HI/c1-16(2)18-7-6-8-19(13-18)24-21(22)23-14-17-11-12-25(15-17)20-9-4-3-5-10-20;/h3-10,13,16-17H,11-12,14-15H2,1-2H3,(H3,22,23,24);1H. The van der Waals surface area contributed by atoms with Gasteiger partial charge in [-0.15, -0.1) is 24.0 Å². The molecule has 0 bridgehead atoms. The van der Waals surface area contributed by atoms with Gasteiger partial charge in [0.25, 0.3) is 0 Å². The highest BCUT2D eigenvalue weighted by atomic mass is 127. The minimum atomic E-state index is 0. The summed E-state index contributed by atoms with van der Waals surface area (Å²) in [7, 11) is 0. The molecular weight excluding hydrogens is 435 g/mol. The van der Waals surface area contributed by atoms with Crippen LogP contribution in [0.4, 0.5) is 11.4 Å². The summed E-state index contributed by atoms with van der Waals surface area (Å²) in [5.74, 6) is 1.56. The van der Waals surface area contributed by atoms with Crippen LogP contribution in [0.2, 0.25) is 0 Å². The second-order valence-corrected chi connectivity index (χ2v) is 7.07. The lowest BCUT2D eigenvalue weighted by Crippen LogP contribution is -2.25. The maximum atomic E-state index is 6.08. The monoisotopic (exact) mass is 464 g/mol. The Morgan fingerprint density at radius 2 is 1.96 bits per heavy atom. The summed E-state index contributed by atoms with van der Waals surface area (Å²) in [5.41, 5.74) is 9.68. The number of hydrogen-bond acceptors (Lipinski definition) is 2. The van der Waals surface area contributed by atoms with Crippen LogP contribution in [-0.2, 0) is 0 Å². The molecule has 0 aromatic heterocycles. The molecule has 0 spiro atoms. The van der Waals surface area contributed by atoms with Gasteiger partial charge < -0.3 is 16.0 Å². The summed E-state index contributed by atoms with van der Waals surface area (Å²) >= 11 is 0. The van der Waals surface area contributed by atoms with Crippen molar-refractivity contribution in [1.82, 2.24) is 0 Å². The Bertz CT molecular complexity index is 715. The van der Waals surface area contributed by atoms with Gasteiger partial charge in [0, 0.05) is 31.0 Å². The summed E-state index contributed by atoms with van der Waals surface area (Å²) in [6.45, 7) is 7.29. The van der Waals surface area contributed by atoms with Crippen molar-refractivity contribution in [2.45, 2.75) is 26.2 Å². The van der Waals surface area contributed by atoms with Gasteiger partial charge >= 0.3 is 0 Å². The van der Waals surface area contributed by atoms with E-state index in [4.69, 9.17) is 5.73 Å². The predicted octanol–water partition coefficient (Wildman–Crippen LogP) is 4.68. The zero-order valence-electron chi connectivity index (χ0n) is 15.6. The molecule has 1 aliphatic rings. The third kappa shape index (κ3) is 5.62. The number of guanidine groups is 1. The van der Waals surface area contributed by atoms with E-state index >= 15 is 0 Å². The van der Waals surface area contributed by atoms with Gasteiger partial charge in [-0.25, -0.2) is 0 Å². The summed E-state index contributed by atoms with van der Waals surface area (Å²) in [4.78, 5) is 6.99. The highest BCUT2D eigenvalue weighted by molar-refractivity contribution is 14.0. The average molecular weight is 464 g/mol. The molecule has 0 aliphatic carbocycles. The fraction of sp³-hybridized carbons (Fsp3) is 0.381. The van der Waals surface area contributed by atoms with Crippen molar-refractivity contribution in [2.75, 3.05) is 29.9 Å². The number of nitrogens with one attached hydrogen (secondary N) is 1. The van der Waals surface area contributed by atoms with E-state index in [9.17, 15) is 0 Å². The van der Waals surface area contributed by atoms with Crippen LogP contribution in [0, 0.1) is 5.92 Å². The van der Waals surface area contributed by atoms with Gasteiger partial charge in [0.05, 0.1) is 0 Å². The molecule has 0 radical (unpaired) electrons. The molecule has 1 saturated heterocycles. The number of halogens is 1. The molecular formula is C21H29IN4. The van der Waals surface area contributed by atoms with E-state index < -0.39 is 0 Å². The van der Waals surface area contributed by atoms with Gasteiger partial charge in [0.1, 0.15) is 0 Å². The molecule has 3 N–H and O–H groups in total. The van der Waals surface area contributed by atoms with Gasteiger partial charge in [-0.05, 0) is 48.1 Å². The van der Waals surface area contributed by atoms with E-state index in [1.165, 1.54) is 11.3 Å². The molecule has 140 valence electrons. The van der Waals surface area contributed by atoms with Crippen LogP contribution in [-0.4, -0.2) is 25.6 Å². The highest BCUT2D eigenvalue weighted by Crippen LogP contribution is 2.23. The van der Waals surface area contributed by atoms with Crippen LogP contribution >= 0.6 is 24.0 Å². The number of benzene rings is 2. The first-order valence-electron chi connectivity index (χ1n) is 9.08. The summed E-state index contributed by atoms with van der Waals surface area (Å²) < 4.78 is 0. The molecule has 1 aliphatic heterocycles. The Labute approximate surface area is 173 Å². The molecule has 0 amide bonds. The second kappa shape index (κ2) is 9.80. The van der Waals surface area contributed by atoms with Crippen LogP contribution in [0.15, 0.2) is 59.6 Å². The van der Waals surface area contributed by atoms with Crippen molar-refractivity contribution in [1.29, 1.82) is 0 Å². The molecule has 0 saturated carbocycles. The number of nitrogens with two attached hydrogens (primary N) is 1. The topological polar surface area (TPSA) is 53.6 Å². The molecule has 1 atom stereocenters. The molecule has 4 nitrogen and oxygen atoms in total. The smallest absolute Gasteiger partial charge is 0.193 e. The molecule has 5 heteroatoms. The first kappa shape index (κ1) is 20.6. The van der Waals surface area contributed by atoms with E-state index in [2.05, 4.69) is 77.6 Å². The lowest BCUT2D eigenvalue weighted by molar-refractivity contribution is 0.603. The fourth-order valence-corrected chi connectivity index (χ4v) is 3.25. The van der Waals surface area contributed by atoms with Gasteiger partial charge in [0.15, 0.2) is 5.96 Å². The van der Waals surface area contributed by atoms with Crippen molar-refractivity contribution in [3.63, 3.8) is 0 Å². The number of nitrogens with zero attached hydrogens (tertiary/aromatic N) is 2. The lowest BCUT2D eigenvalue weighted by Gasteiger charge is -2.18. The Hall–Kier alpha value is -1.76. The number of anilines is 2. The zero-order valence-corrected chi connectivity index (χ0v) is 17.9. The highest BCUT2D eigenvalue weighted by Gasteiger charge is 2.22. The number of hydrogen-bond donors (Lipinski definition) is 2. The predicted molar refractivity (Wildman–Crippen MR) is 123 cm³/mol. The van der Waals surface area contributed by atoms with E-state index in [1.54, 1.807) is 0 Å². The first-order valence-corrected chi connectivity index (χ1v) is 9.08. The van der Waals surface area contributed by atoms with Gasteiger partial charge in [0.2, 0.25) is 0 Å². The SMILES string of the molecule is CC(C)c1cccc(NC(N)=NCC2CCN(c3ccccc3)C2)c1.I. The Morgan fingerprint density at radius 3 is 2.69 bits per heavy atom. The van der Waals surface area contributed by atoms with Gasteiger partial charge in [-0.3, -0.25) is 4.99 Å². The normalized spacial score (nSPS) is 17.3. The van der Waals surface area contributed by atoms with E-state index in [0.29, 0.717) is 17.8 Å². The second-order valence-electron chi connectivity index (χ2n) is 7.07. The van der Waals surface area contributed by atoms with Crippen molar-refractivity contribution in [3.05, 3.63) is 60.2 Å². The first-order chi connectivity index (χ1) is 12.1. The molecule has 3 rings (SSSR count). The van der Waals surface area contributed by atoms with Gasteiger partial charge in [-0.2, -0.15) is 0 Å². The van der Waals surface area contributed by atoms with Crippen molar-refractivity contribution in [2.24, 2.45) is 16.6 Å². The van der Waals surface area contributed by atoms with Crippen LogP contribution in [0.3, 0.4) is 0 Å². The maximum Gasteiger partial charge on any atom is 0.193 e. The maximum absolute atomic E-state index is 6.08. The van der Waals surface area contributed by atoms with E-state index in [-0.39, 0.29) is 24.0 Å². The van der Waals surface area contributed by atoms with Crippen molar-refractivity contribution in [3.8, 4) is 0 Å². The van der Waals surface area contributed by atoms with E-state index in [0.717, 1.165) is 31.7 Å². The molecule has 26 heavy (non-hydrogen) atoms. The largest absolute Gasteiger partial charge is 0.371 e. The Morgan fingerprint density at radius 1 is 1.19 bits per heavy atom. The Balaban J connectivity index is 0.00000243. The van der Waals surface area contributed by atoms with Crippen molar-refractivity contribution >= 4 is 41.3 Å². The van der Waals surface area contributed by atoms with Crippen LogP contribution in [0.1, 0.15) is 31.7 Å². The van der Waals surface area contributed by atoms with Crippen molar-refractivity contribution < 1.29 is 0 Å². The third-order valence-electron chi connectivity index (χ3n) is 4.75. The lowest BCUT2D eigenvalue weighted by atomic mass is 10.0. The number of aliphatic imine (C=N–C) groups is 1. The number of para-hydroxylation sites is 1. The molecule has 2 aromatic carbocycles. The molecule has 1 fully saturated rings. The van der Waals surface area contributed by atoms with Crippen LogP contribution < -0.4 is 16.0 Å². The Kier molecular flexibility index (Phi) is 7.75. The average Bonchev–Trinajstić information content (AvgIpc) is 3.10.